The molecule has 0 saturated carbocycles. The summed E-state index contributed by atoms with van der Waals surface area (Å²) in [4.78, 5) is 28.0. The Hall–Kier alpha value is -3.10. The minimum absolute atomic E-state index is 0.000420. The maximum absolute atomic E-state index is 13.1. The Morgan fingerprint density at radius 2 is 1.95 bits per heavy atom. The van der Waals surface area contributed by atoms with Crippen LogP contribution in [-0.4, -0.2) is 20.9 Å². The number of rotatable bonds is 4. The number of carbonyl (C=O) groups is 1. The summed E-state index contributed by atoms with van der Waals surface area (Å²) in [6, 6.07) is 3.06. The van der Waals surface area contributed by atoms with Crippen molar-refractivity contribution in [2.75, 3.05) is 0 Å². The van der Waals surface area contributed by atoms with Crippen LogP contribution in [0.3, 0.4) is 0 Å². The van der Waals surface area contributed by atoms with Gasteiger partial charge in [0.05, 0.1) is 4.92 Å². The zero-order valence-corrected chi connectivity index (χ0v) is 10.6. The molecule has 0 unspecified atom stereocenters. The second-order valence-corrected chi connectivity index (χ2v) is 3.77. The van der Waals surface area contributed by atoms with Crippen LogP contribution in [-0.2, 0) is 4.79 Å². The van der Waals surface area contributed by atoms with E-state index >= 15 is 0 Å². The first kappa shape index (κ1) is 14.3. The van der Waals surface area contributed by atoms with Crippen LogP contribution in [0.25, 0.3) is 0 Å². The SMILES string of the molecule is CC(=O)Oc1cc(F)ccc1Oc1ncc([N+](=O)[O-])cn1. The van der Waals surface area contributed by atoms with Crippen molar-refractivity contribution in [1.82, 2.24) is 9.97 Å². The van der Waals surface area contributed by atoms with Gasteiger partial charge in [-0.15, -0.1) is 0 Å². The number of halogens is 1. The Bertz CT molecular complexity index is 690. The first-order valence-electron chi connectivity index (χ1n) is 5.58. The average molecular weight is 293 g/mol. The van der Waals surface area contributed by atoms with Crippen molar-refractivity contribution >= 4 is 11.7 Å². The van der Waals surface area contributed by atoms with Gasteiger partial charge in [0.15, 0.2) is 11.5 Å². The molecule has 9 heteroatoms. The molecule has 0 radical (unpaired) electrons. The fourth-order valence-electron chi connectivity index (χ4n) is 1.36. The van der Waals surface area contributed by atoms with E-state index in [0.717, 1.165) is 31.5 Å². The number of nitro groups is 1. The minimum Gasteiger partial charge on any atom is -0.423 e. The van der Waals surface area contributed by atoms with Crippen molar-refractivity contribution in [3.05, 3.63) is 46.5 Å². The fourth-order valence-corrected chi connectivity index (χ4v) is 1.36. The van der Waals surface area contributed by atoms with Crippen LogP contribution in [0.2, 0.25) is 0 Å². The Labute approximate surface area is 117 Å². The lowest BCUT2D eigenvalue weighted by Crippen LogP contribution is -2.04. The molecule has 2 rings (SSSR count). The van der Waals surface area contributed by atoms with Crippen molar-refractivity contribution < 1.29 is 23.6 Å². The molecule has 0 amide bonds. The molecule has 0 fully saturated rings. The summed E-state index contributed by atoms with van der Waals surface area (Å²) in [5.41, 5.74) is -0.304. The van der Waals surface area contributed by atoms with E-state index in [1.54, 1.807) is 0 Å². The van der Waals surface area contributed by atoms with Gasteiger partial charge in [-0.05, 0) is 12.1 Å². The zero-order chi connectivity index (χ0) is 15.4. The van der Waals surface area contributed by atoms with Crippen molar-refractivity contribution in [3.8, 4) is 17.5 Å². The van der Waals surface area contributed by atoms with Gasteiger partial charge in [-0.1, -0.05) is 0 Å². The van der Waals surface area contributed by atoms with Crippen LogP contribution < -0.4 is 9.47 Å². The van der Waals surface area contributed by atoms with Crippen LogP contribution >= 0.6 is 0 Å². The molecule has 2 aromatic rings. The Morgan fingerprint density at radius 1 is 1.29 bits per heavy atom. The molecule has 0 N–H and O–H groups in total. The molecule has 0 spiro atoms. The Balaban J connectivity index is 2.26. The lowest BCUT2D eigenvalue weighted by Gasteiger charge is -2.08. The number of nitrogens with zero attached hydrogens (tertiary/aromatic N) is 3. The van der Waals surface area contributed by atoms with Gasteiger partial charge in [0.1, 0.15) is 18.2 Å². The third-order valence-corrected chi connectivity index (χ3v) is 2.19. The summed E-state index contributed by atoms with van der Waals surface area (Å²) in [5, 5.41) is 10.5. The smallest absolute Gasteiger partial charge is 0.322 e. The number of hydrogen-bond acceptors (Lipinski definition) is 7. The van der Waals surface area contributed by atoms with Gasteiger partial charge in [-0.25, -0.2) is 4.39 Å². The van der Waals surface area contributed by atoms with Gasteiger partial charge in [0.25, 0.3) is 0 Å². The van der Waals surface area contributed by atoms with Crippen LogP contribution in [0.4, 0.5) is 10.1 Å². The third kappa shape index (κ3) is 3.69. The summed E-state index contributed by atoms with van der Waals surface area (Å²) >= 11 is 0. The highest BCUT2D eigenvalue weighted by molar-refractivity contribution is 5.70. The molecule has 108 valence electrons. The second kappa shape index (κ2) is 5.90. The van der Waals surface area contributed by atoms with Gasteiger partial charge >= 0.3 is 17.7 Å². The summed E-state index contributed by atoms with van der Waals surface area (Å²) in [6.07, 6.45) is 1.91. The highest BCUT2D eigenvalue weighted by atomic mass is 19.1. The van der Waals surface area contributed by atoms with E-state index in [4.69, 9.17) is 9.47 Å². The number of aromatic nitrogens is 2. The summed E-state index contributed by atoms with van der Waals surface area (Å²) < 4.78 is 23.1. The van der Waals surface area contributed by atoms with Crippen LogP contribution in [0.15, 0.2) is 30.6 Å². The van der Waals surface area contributed by atoms with Crippen LogP contribution in [0.1, 0.15) is 6.92 Å². The van der Waals surface area contributed by atoms with Gasteiger partial charge < -0.3 is 9.47 Å². The molecular formula is C12H8FN3O5. The lowest BCUT2D eigenvalue weighted by molar-refractivity contribution is -0.385. The highest BCUT2D eigenvalue weighted by Crippen LogP contribution is 2.31. The molecule has 0 atom stereocenters. The second-order valence-electron chi connectivity index (χ2n) is 3.77. The molecule has 0 aliphatic carbocycles. The molecule has 0 aliphatic rings. The normalized spacial score (nSPS) is 10.0. The maximum Gasteiger partial charge on any atom is 0.322 e. The molecule has 0 saturated heterocycles. The monoisotopic (exact) mass is 293 g/mol. The Morgan fingerprint density at radius 3 is 2.52 bits per heavy atom. The van der Waals surface area contributed by atoms with Gasteiger partial charge in [0, 0.05) is 13.0 Å². The average Bonchev–Trinajstić information content (AvgIpc) is 2.42. The Kier molecular flexibility index (Phi) is 4.02. The third-order valence-electron chi connectivity index (χ3n) is 2.19. The van der Waals surface area contributed by atoms with Crippen molar-refractivity contribution in [1.29, 1.82) is 0 Å². The standard InChI is InChI=1S/C12H8FN3O5/c1-7(17)20-11-4-8(13)2-3-10(11)21-12-14-5-9(6-15-12)16(18)19/h2-6H,1H3. The molecule has 1 aromatic carbocycles. The van der Waals surface area contributed by atoms with Crippen LogP contribution in [0, 0.1) is 15.9 Å². The maximum atomic E-state index is 13.1. The van der Waals surface area contributed by atoms with Gasteiger partial charge in [-0.2, -0.15) is 9.97 Å². The van der Waals surface area contributed by atoms with Gasteiger partial charge in [-0.3, -0.25) is 14.9 Å². The van der Waals surface area contributed by atoms with E-state index in [2.05, 4.69) is 9.97 Å². The molecule has 21 heavy (non-hydrogen) atoms. The summed E-state index contributed by atoms with van der Waals surface area (Å²) in [5.74, 6) is -1.43. The molecule has 0 aliphatic heterocycles. The number of hydrogen-bond donors (Lipinski definition) is 0. The number of esters is 1. The van der Waals surface area contributed by atoms with Gasteiger partial charge in [0.2, 0.25) is 0 Å². The summed E-state index contributed by atoms with van der Waals surface area (Å²) in [6.45, 7) is 1.15. The zero-order valence-electron chi connectivity index (χ0n) is 10.6. The number of benzene rings is 1. The molecule has 1 aromatic heterocycles. The van der Waals surface area contributed by atoms with E-state index in [1.807, 2.05) is 0 Å². The summed E-state index contributed by atoms with van der Waals surface area (Å²) in [7, 11) is 0. The minimum atomic E-state index is -0.661. The first-order valence-corrected chi connectivity index (χ1v) is 5.58. The molecular weight excluding hydrogens is 285 g/mol. The molecule has 0 bridgehead atoms. The molecule has 1 heterocycles. The topological polar surface area (TPSA) is 104 Å². The first-order chi connectivity index (χ1) is 9.95. The van der Waals surface area contributed by atoms with E-state index < -0.39 is 16.7 Å². The van der Waals surface area contributed by atoms with E-state index in [-0.39, 0.29) is 23.2 Å². The largest absolute Gasteiger partial charge is 0.423 e. The van der Waals surface area contributed by atoms with E-state index in [0.29, 0.717) is 0 Å². The fraction of sp³-hybridized carbons (Fsp3) is 0.0833. The number of carbonyl (C=O) groups excluding carboxylic acids is 1. The quantitative estimate of drug-likeness (QED) is 0.368. The van der Waals surface area contributed by atoms with Crippen molar-refractivity contribution in [2.45, 2.75) is 6.92 Å². The van der Waals surface area contributed by atoms with Crippen molar-refractivity contribution in [3.63, 3.8) is 0 Å². The molecule has 8 nitrogen and oxygen atoms in total. The highest BCUT2D eigenvalue weighted by Gasteiger charge is 2.13. The lowest BCUT2D eigenvalue weighted by atomic mass is 10.3. The number of ether oxygens (including phenoxy) is 2. The van der Waals surface area contributed by atoms with Crippen LogP contribution in [0.5, 0.6) is 17.5 Å². The van der Waals surface area contributed by atoms with Crippen molar-refractivity contribution in [2.24, 2.45) is 0 Å². The van der Waals surface area contributed by atoms with E-state index in [9.17, 15) is 19.3 Å². The van der Waals surface area contributed by atoms with E-state index in [1.165, 1.54) is 6.07 Å². The predicted octanol–water partition coefficient (Wildman–Crippen LogP) is 2.24. The predicted molar refractivity (Wildman–Crippen MR) is 66.5 cm³/mol.